The molecule has 3 unspecified atom stereocenters. The highest BCUT2D eigenvalue weighted by molar-refractivity contribution is 5.86. The standard InChI is InChI=1S/C13H24N2O2.ClH/c1-10-9-11(5-8-17-10)15-12(16)13(2)6-3-4-7-14-13;/h10-11,14H,3-9H2,1-2H3,(H,15,16);1H. The minimum absolute atomic E-state index is 0. The maximum Gasteiger partial charge on any atom is 0.240 e. The van der Waals surface area contributed by atoms with Gasteiger partial charge in [0.25, 0.3) is 0 Å². The van der Waals surface area contributed by atoms with Gasteiger partial charge in [-0.2, -0.15) is 0 Å². The quantitative estimate of drug-likeness (QED) is 0.806. The lowest BCUT2D eigenvalue weighted by Crippen LogP contribution is -2.59. The Hall–Kier alpha value is -0.320. The normalized spacial score (nSPS) is 36.6. The molecule has 2 aliphatic heterocycles. The zero-order chi connectivity index (χ0) is 12.3. The third kappa shape index (κ3) is 3.84. The molecule has 0 aromatic rings. The van der Waals surface area contributed by atoms with E-state index in [4.69, 9.17) is 4.74 Å². The van der Waals surface area contributed by atoms with Gasteiger partial charge in [-0.15, -0.1) is 12.4 Å². The van der Waals surface area contributed by atoms with E-state index in [1.165, 1.54) is 6.42 Å². The Kier molecular flexibility index (Phi) is 5.89. The van der Waals surface area contributed by atoms with Crippen LogP contribution in [0.1, 0.15) is 46.0 Å². The highest BCUT2D eigenvalue weighted by atomic mass is 35.5. The first-order valence-electron chi connectivity index (χ1n) is 6.78. The van der Waals surface area contributed by atoms with Crippen molar-refractivity contribution < 1.29 is 9.53 Å². The van der Waals surface area contributed by atoms with Gasteiger partial charge >= 0.3 is 0 Å². The van der Waals surface area contributed by atoms with Gasteiger partial charge in [0.2, 0.25) is 5.91 Å². The molecule has 0 bridgehead atoms. The van der Waals surface area contributed by atoms with Crippen molar-refractivity contribution in [2.45, 2.75) is 63.6 Å². The molecule has 18 heavy (non-hydrogen) atoms. The van der Waals surface area contributed by atoms with Gasteiger partial charge < -0.3 is 15.4 Å². The van der Waals surface area contributed by atoms with Gasteiger partial charge in [-0.25, -0.2) is 0 Å². The smallest absolute Gasteiger partial charge is 0.240 e. The van der Waals surface area contributed by atoms with Crippen molar-refractivity contribution in [2.75, 3.05) is 13.2 Å². The molecule has 3 atom stereocenters. The number of halogens is 1. The average Bonchev–Trinajstić information content (AvgIpc) is 2.30. The number of hydrogen-bond donors (Lipinski definition) is 2. The number of piperidine rings is 1. The van der Waals surface area contributed by atoms with Crippen LogP contribution in [0.25, 0.3) is 0 Å². The van der Waals surface area contributed by atoms with Crippen LogP contribution in [0.15, 0.2) is 0 Å². The third-order valence-electron chi connectivity index (χ3n) is 3.94. The van der Waals surface area contributed by atoms with E-state index in [9.17, 15) is 4.79 Å². The molecule has 2 rings (SSSR count). The van der Waals surface area contributed by atoms with Gasteiger partial charge in [-0.3, -0.25) is 4.79 Å². The summed E-state index contributed by atoms with van der Waals surface area (Å²) in [5.74, 6) is 0.163. The van der Waals surface area contributed by atoms with Crippen LogP contribution >= 0.6 is 12.4 Å². The predicted molar refractivity (Wildman–Crippen MR) is 74.1 cm³/mol. The first kappa shape index (κ1) is 15.7. The Morgan fingerprint density at radius 2 is 2.22 bits per heavy atom. The summed E-state index contributed by atoms with van der Waals surface area (Å²) in [5.41, 5.74) is -0.361. The molecule has 2 saturated heterocycles. The van der Waals surface area contributed by atoms with Crippen LogP contribution in [-0.4, -0.2) is 36.7 Å². The summed E-state index contributed by atoms with van der Waals surface area (Å²) in [7, 11) is 0. The minimum Gasteiger partial charge on any atom is -0.378 e. The SMILES string of the molecule is CC1CC(NC(=O)C2(C)CCCCN2)CCO1.Cl. The lowest BCUT2D eigenvalue weighted by Gasteiger charge is -2.36. The topological polar surface area (TPSA) is 50.4 Å². The minimum atomic E-state index is -0.361. The van der Waals surface area contributed by atoms with E-state index in [0.717, 1.165) is 38.8 Å². The van der Waals surface area contributed by atoms with Gasteiger partial charge in [0.1, 0.15) is 0 Å². The predicted octanol–water partition coefficient (Wildman–Crippen LogP) is 1.62. The van der Waals surface area contributed by atoms with Crippen LogP contribution in [0.3, 0.4) is 0 Å². The monoisotopic (exact) mass is 276 g/mol. The van der Waals surface area contributed by atoms with Crippen molar-refractivity contribution in [3.63, 3.8) is 0 Å². The Labute approximate surface area is 116 Å². The molecule has 2 heterocycles. The van der Waals surface area contributed by atoms with Gasteiger partial charge in [0.05, 0.1) is 11.6 Å². The lowest BCUT2D eigenvalue weighted by molar-refractivity contribution is -0.129. The fraction of sp³-hybridized carbons (Fsp3) is 0.923. The highest BCUT2D eigenvalue weighted by Crippen LogP contribution is 2.20. The summed E-state index contributed by atoms with van der Waals surface area (Å²) in [6.07, 6.45) is 5.39. The molecule has 0 aromatic heterocycles. The average molecular weight is 277 g/mol. The molecule has 1 amide bonds. The van der Waals surface area contributed by atoms with Crippen LogP contribution < -0.4 is 10.6 Å². The van der Waals surface area contributed by atoms with Crippen molar-refractivity contribution in [1.82, 2.24) is 10.6 Å². The zero-order valence-corrected chi connectivity index (χ0v) is 12.1. The first-order chi connectivity index (χ1) is 8.10. The number of rotatable bonds is 2. The second-order valence-electron chi connectivity index (χ2n) is 5.59. The molecule has 2 aliphatic rings. The molecule has 0 spiro atoms. The van der Waals surface area contributed by atoms with E-state index in [0.29, 0.717) is 0 Å². The number of ether oxygens (including phenoxy) is 1. The molecule has 0 aromatic carbocycles. The summed E-state index contributed by atoms with van der Waals surface area (Å²) in [6.45, 7) is 5.80. The number of amides is 1. The first-order valence-corrected chi connectivity index (χ1v) is 6.78. The molecule has 2 N–H and O–H groups in total. The molecule has 0 aliphatic carbocycles. The van der Waals surface area contributed by atoms with E-state index < -0.39 is 0 Å². The number of carbonyl (C=O) groups excluding carboxylic acids is 1. The zero-order valence-electron chi connectivity index (χ0n) is 11.3. The Morgan fingerprint density at radius 3 is 2.83 bits per heavy atom. The van der Waals surface area contributed by atoms with E-state index in [1.54, 1.807) is 0 Å². The van der Waals surface area contributed by atoms with Crippen LogP contribution in [0.5, 0.6) is 0 Å². The molecular weight excluding hydrogens is 252 g/mol. The van der Waals surface area contributed by atoms with Gasteiger partial charge in [-0.05, 0) is 52.5 Å². The van der Waals surface area contributed by atoms with E-state index in [-0.39, 0.29) is 36.0 Å². The van der Waals surface area contributed by atoms with E-state index in [2.05, 4.69) is 17.6 Å². The third-order valence-corrected chi connectivity index (χ3v) is 3.94. The van der Waals surface area contributed by atoms with Crippen molar-refractivity contribution >= 4 is 18.3 Å². The fourth-order valence-corrected chi connectivity index (χ4v) is 2.72. The largest absolute Gasteiger partial charge is 0.378 e. The van der Waals surface area contributed by atoms with Gasteiger partial charge in [0.15, 0.2) is 0 Å². The summed E-state index contributed by atoms with van der Waals surface area (Å²) in [4.78, 5) is 12.3. The van der Waals surface area contributed by atoms with E-state index in [1.807, 2.05) is 6.92 Å². The van der Waals surface area contributed by atoms with Crippen molar-refractivity contribution in [3.8, 4) is 0 Å². The van der Waals surface area contributed by atoms with Gasteiger partial charge in [0, 0.05) is 12.6 Å². The van der Waals surface area contributed by atoms with Crippen molar-refractivity contribution in [2.24, 2.45) is 0 Å². The van der Waals surface area contributed by atoms with Crippen molar-refractivity contribution in [3.05, 3.63) is 0 Å². The Balaban J connectivity index is 0.00000162. The number of carbonyl (C=O) groups is 1. The molecule has 0 saturated carbocycles. The fourth-order valence-electron chi connectivity index (χ4n) is 2.72. The maximum atomic E-state index is 12.3. The molecule has 0 radical (unpaired) electrons. The second-order valence-corrected chi connectivity index (χ2v) is 5.59. The number of nitrogens with one attached hydrogen (secondary N) is 2. The van der Waals surface area contributed by atoms with Crippen molar-refractivity contribution in [1.29, 1.82) is 0 Å². The number of hydrogen-bond acceptors (Lipinski definition) is 3. The molecule has 106 valence electrons. The molecule has 4 nitrogen and oxygen atoms in total. The molecule has 5 heteroatoms. The highest BCUT2D eigenvalue weighted by Gasteiger charge is 2.35. The summed E-state index contributed by atoms with van der Waals surface area (Å²) in [6, 6.07) is 0.284. The maximum absolute atomic E-state index is 12.3. The molecule has 2 fully saturated rings. The van der Waals surface area contributed by atoms with Crippen LogP contribution in [0.2, 0.25) is 0 Å². The van der Waals surface area contributed by atoms with Crippen LogP contribution in [-0.2, 0) is 9.53 Å². The van der Waals surface area contributed by atoms with Crippen LogP contribution in [0, 0.1) is 0 Å². The van der Waals surface area contributed by atoms with E-state index >= 15 is 0 Å². The van der Waals surface area contributed by atoms with Crippen LogP contribution in [0.4, 0.5) is 0 Å². The summed E-state index contributed by atoms with van der Waals surface area (Å²) in [5, 5.41) is 6.53. The summed E-state index contributed by atoms with van der Waals surface area (Å²) < 4.78 is 5.49. The molecular formula is C13H25ClN2O2. The van der Waals surface area contributed by atoms with Gasteiger partial charge in [-0.1, -0.05) is 0 Å². The Morgan fingerprint density at radius 1 is 1.44 bits per heavy atom. The lowest BCUT2D eigenvalue weighted by atomic mass is 9.89. The Bertz CT molecular complexity index is 280. The summed E-state index contributed by atoms with van der Waals surface area (Å²) >= 11 is 0. The second kappa shape index (κ2) is 6.73.